The van der Waals surface area contributed by atoms with Gasteiger partial charge in [0.1, 0.15) is 0 Å². The van der Waals surface area contributed by atoms with E-state index in [1.165, 1.54) is 25.7 Å². The van der Waals surface area contributed by atoms with Crippen LogP contribution in [-0.2, 0) is 0 Å². The summed E-state index contributed by atoms with van der Waals surface area (Å²) in [5, 5.41) is 11.6. The summed E-state index contributed by atoms with van der Waals surface area (Å²) in [6.07, 6.45) is 4.60. The summed E-state index contributed by atoms with van der Waals surface area (Å²) in [7, 11) is 0. The molecule has 2 fully saturated rings. The summed E-state index contributed by atoms with van der Waals surface area (Å²) in [6, 6.07) is 5.53. The van der Waals surface area contributed by atoms with E-state index >= 15 is 0 Å². The molecule has 0 aromatic heterocycles. The molecule has 1 aromatic carbocycles. The second kappa shape index (κ2) is 4.46. The maximum atomic E-state index is 10.6. The summed E-state index contributed by atoms with van der Waals surface area (Å²) in [5.74, 6) is 1.80. The van der Waals surface area contributed by atoms with Crippen molar-refractivity contribution in [3.8, 4) is 0 Å². The lowest BCUT2D eigenvalue weighted by Crippen LogP contribution is -2.17. The van der Waals surface area contributed by atoms with Crippen molar-refractivity contribution in [1.29, 1.82) is 0 Å². The standard InChI is InChI=1S/C14H16Cl2O/c15-11-3-1-2-10(13(11)16)14(17)12(8-4-5-8)9-6-7-9/h1-3,8-9,12,14,17H,4-7H2. The third kappa shape index (κ3) is 2.33. The third-order valence-electron chi connectivity index (χ3n) is 4.00. The van der Waals surface area contributed by atoms with Gasteiger partial charge in [-0.3, -0.25) is 0 Å². The van der Waals surface area contributed by atoms with E-state index in [1.807, 2.05) is 12.1 Å². The number of aliphatic hydroxyl groups is 1. The summed E-state index contributed by atoms with van der Waals surface area (Å²) in [4.78, 5) is 0. The van der Waals surface area contributed by atoms with E-state index in [0.29, 0.717) is 27.8 Å². The molecule has 92 valence electrons. The molecule has 0 radical (unpaired) electrons. The molecular weight excluding hydrogens is 255 g/mol. The van der Waals surface area contributed by atoms with Gasteiger partial charge >= 0.3 is 0 Å². The van der Waals surface area contributed by atoms with Gasteiger partial charge in [0.25, 0.3) is 0 Å². The molecule has 1 N–H and O–H groups in total. The Balaban J connectivity index is 1.88. The monoisotopic (exact) mass is 270 g/mol. The molecule has 0 spiro atoms. The minimum atomic E-state index is -0.443. The Morgan fingerprint density at radius 3 is 2.18 bits per heavy atom. The molecule has 1 unspecified atom stereocenters. The van der Waals surface area contributed by atoms with Crippen LogP contribution in [0.4, 0.5) is 0 Å². The molecule has 3 rings (SSSR count). The first-order valence-corrected chi connectivity index (χ1v) is 7.06. The fraction of sp³-hybridized carbons (Fsp3) is 0.571. The number of benzene rings is 1. The summed E-state index contributed by atoms with van der Waals surface area (Å²) in [6.45, 7) is 0. The first-order valence-electron chi connectivity index (χ1n) is 6.30. The number of aliphatic hydroxyl groups excluding tert-OH is 1. The predicted molar refractivity (Wildman–Crippen MR) is 70.4 cm³/mol. The Labute approximate surface area is 112 Å². The largest absolute Gasteiger partial charge is 0.388 e. The molecule has 2 aliphatic rings. The molecule has 0 heterocycles. The summed E-state index contributed by atoms with van der Waals surface area (Å²) < 4.78 is 0. The van der Waals surface area contributed by atoms with Gasteiger partial charge in [-0.15, -0.1) is 0 Å². The Morgan fingerprint density at radius 1 is 1.06 bits per heavy atom. The maximum absolute atomic E-state index is 10.6. The van der Waals surface area contributed by atoms with Crippen LogP contribution in [0, 0.1) is 17.8 Å². The lowest BCUT2D eigenvalue weighted by atomic mass is 9.87. The van der Waals surface area contributed by atoms with Gasteiger partial charge in [-0.2, -0.15) is 0 Å². The van der Waals surface area contributed by atoms with Gasteiger partial charge in [-0.05, 0) is 49.5 Å². The van der Waals surface area contributed by atoms with Crippen LogP contribution in [0.5, 0.6) is 0 Å². The highest BCUT2D eigenvalue weighted by Crippen LogP contribution is 2.54. The fourth-order valence-electron chi connectivity index (χ4n) is 2.82. The van der Waals surface area contributed by atoms with Gasteiger partial charge in [-0.25, -0.2) is 0 Å². The highest BCUT2D eigenvalue weighted by molar-refractivity contribution is 6.42. The third-order valence-corrected chi connectivity index (χ3v) is 4.83. The van der Waals surface area contributed by atoms with Crippen LogP contribution < -0.4 is 0 Å². The van der Waals surface area contributed by atoms with Gasteiger partial charge in [-0.1, -0.05) is 35.3 Å². The van der Waals surface area contributed by atoms with Crippen molar-refractivity contribution in [3.63, 3.8) is 0 Å². The van der Waals surface area contributed by atoms with E-state index in [9.17, 15) is 5.11 Å². The molecule has 17 heavy (non-hydrogen) atoms. The van der Waals surface area contributed by atoms with E-state index < -0.39 is 6.10 Å². The number of rotatable bonds is 4. The zero-order valence-corrected chi connectivity index (χ0v) is 11.1. The first-order chi connectivity index (χ1) is 8.18. The van der Waals surface area contributed by atoms with Crippen LogP contribution in [-0.4, -0.2) is 5.11 Å². The van der Waals surface area contributed by atoms with Gasteiger partial charge in [0.2, 0.25) is 0 Å². The van der Waals surface area contributed by atoms with Gasteiger partial charge in [0.05, 0.1) is 16.1 Å². The Hall–Kier alpha value is -0.240. The lowest BCUT2D eigenvalue weighted by molar-refractivity contribution is 0.0822. The molecule has 1 aromatic rings. The molecule has 1 nitrogen and oxygen atoms in total. The van der Waals surface area contributed by atoms with Crippen molar-refractivity contribution in [3.05, 3.63) is 33.8 Å². The normalized spacial score (nSPS) is 21.9. The predicted octanol–water partition coefficient (Wildman–Crippen LogP) is 4.46. The average Bonchev–Trinajstić information content (AvgIpc) is 3.14. The van der Waals surface area contributed by atoms with Crippen LogP contribution in [0.2, 0.25) is 10.0 Å². The van der Waals surface area contributed by atoms with Crippen LogP contribution in [0.25, 0.3) is 0 Å². The molecule has 3 heteroatoms. The van der Waals surface area contributed by atoms with Crippen molar-refractivity contribution in [2.75, 3.05) is 0 Å². The van der Waals surface area contributed by atoms with E-state index in [-0.39, 0.29) is 0 Å². The fourth-order valence-corrected chi connectivity index (χ4v) is 3.24. The van der Waals surface area contributed by atoms with Gasteiger partial charge in [0, 0.05) is 5.56 Å². The topological polar surface area (TPSA) is 20.2 Å². The highest BCUT2D eigenvalue weighted by atomic mass is 35.5. The SMILES string of the molecule is OC(c1cccc(Cl)c1Cl)C(C1CC1)C1CC1. The Bertz CT molecular complexity index is 412. The minimum absolute atomic E-state index is 0.394. The van der Waals surface area contributed by atoms with E-state index in [1.54, 1.807) is 6.07 Å². The van der Waals surface area contributed by atoms with Crippen LogP contribution >= 0.6 is 23.2 Å². The van der Waals surface area contributed by atoms with Crippen molar-refractivity contribution >= 4 is 23.2 Å². The van der Waals surface area contributed by atoms with Crippen LogP contribution in [0.15, 0.2) is 18.2 Å². The maximum Gasteiger partial charge on any atom is 0.0838 e. The van der Waals surface area contributed by atoms with E-state index in [2.05, 4.69) is 0 Å². The number of hydrogen-bond donors (Lipinski definition) is 1. The molecule has 0 bridgehead atoms. The van der Waals surface area contributed by atoms with Gasteiger partial charge in [0.15, 0.2) is 0 Å². The quantitative estimate of drug-likeness (QED) is 0.857. The zero-order valence-electron chi connectivity index (χ0n) is 9.57. The van der Waals surface area contributed by atoms with Crippen LogP contribution in [0.1, 0.15) is 37.4 Å². The van der Waals surface area contributed by atoms with E-state index in [4.69, 9.17) is 23.2 Å². The molecule has 0 amide bonds. The zero-order chi connectivity index (χ0) is 12.0. The molecule has 2 aliphatic carbocycles. The van der Waals surface area contributed by atoms with Crippen molar-refractivity contribution in [1.82, 2.24) is 0 Å². The Morgan fingerprint density at radius 2 is 1.65 bits per heavy atom. The lowest BCUT2D eigenvalue weighted by Gasteiger charge is -2.24. The first kappa shape index (κ1) is 11.8. The number of hydrogen-bond acceptors (Lipinski definition) is 1. The second-order valence-corrected chi connectivity index (χ2v) is 6.13. The smallest absolute Gasteiger partial charge is 0.0838 e. The minimum Gasteiger partial charge on any atom is -0.388 e. The molecule has 1 atom stereocenters. The van der Waals surface area contributed by atoms with Crippen LogP contribution in [0.3, 0.4) is 0 Å². The average molecular weight is 271 g/mol. The second-order valence-electron chi connectivity index (χ2n) is 5.34. The number of halogens is 2. The molecule has 0 saturated heterocycles. The highest BCUT2D eigenvalue weighted by Gasteiger charge is 2.45. The molecule has 2 saturated carbocycles. The molecular formula is C14H16Cl2O. The van der Waals surface area contributed by atoms with E-state index in [0.717, 1.165) is 5.56 Å². The van der Waals surface area contributed by atoms with Crippen molar-refractivity contribution in [2.45, 2.75) is 31.8 Å². The molecule has 0 aliphatic heterocycles. The summed E-state index contributed by atoms with van der Waals surface area (Å²) >= 11 is 12.2. The Kier molecular flexibility index (Phi) is 3.10. The van der Waals surface area contributed by atoms with Crippen molar-refractivity contribution < 1.29 is 5.11 Å². The van der Waals surface area contributed by atoms with Gasteiger partial charge < -0.3 is 5.11 Å². The summed E-state index contributed by atoms with van der Waals surface area (Å²) in [5.41, 5.74) is 0.808. The van der Waals surface area contributed by atoms with Crippen molar-refractivity contribution in [2.24, 2.45) is 17.8 Å².